The van der Waals surface area contributed by atoms with Gasteiger partial charge in [-0.3, -0.25) is 9.59 Å². The Morgan fingerprint density at radius 2 is 1.76 bits per heavy atom. The Bertz CT molecular complexity index is 963. The molecule has 0 spiro atoms. The lowest BCUT2D eigenvalue weighted by Crippen LogP contribution is -2.97. The van der Waals surface area contributed by atoms with Crippen molar-refractivity contribution in [1.82, 2.24) is 0 Å². The predicted octanol–water partition coefficient (Wildman–Crippen LogP) is 1.57. The largest absolute Gasteiger partial charge is 0.461 e. The van der Waals surface area contributed by atoms with E-state index in [0.29, 0.717) is 11.3 Å². The van der Waals surface area contributed by atoms with Gasteiger partial charge in [-0.15, -0.1) is 0 Å². The molecule has 2 amide bonds. The smallest absolute Gasteiger partial charge is 0.368 e. The molecule has 2 fully saturated rings. The maximum absolute atomic E-state index is 13.4. The van der Waals surface area contributed by atoms with Crippen LogP contribution >= 0.6 is 0 Å². The quantitative estimate of drug-likeness (QED) is 0.627. The summed E-state index contributed by atoms with van der Waals surface area (Å²) >= 11 is 0. The van der Waals surface area contributed by atoms with E-state index in [9.17, 15) is 18.8 Å². The molecule has 0 radical (unpaired) electrons. The highest BCUT2D eigenvalue weighted by atomic mass is 19.1. The number of carbonyl (C=O) groups is 3. The number of hydrogen-bond donors (Lipinski definition) is 1. The van der Waals surface area contributed by atoms with E-state index in [4.69, 9.17) is 4.74 Å². The minimum atomic E-state index is -1.25. The van der Waals surface area contributed by atoms with Gasteiger partial charge in [0.15, 0.2) is 0 Å². The third-order valence-corrected chi connectivity index (χ3v) is 5.89. The van der Waals surface area contributed by atoms with Crippen LogP contribution in [-0.4, -0.2) is 29.9 Å². The van der Waals surface area contributed by atoms with Gasteiger partial charge in [-0.05, 0) is 31.2 Å². The van der Waals surface area contributed by atoms with Crippen molar-refractivity contribution in [3.8, 4) is 0 Å². The van der Waals surface area contributed by atoms with Crippen LogP contribution in [0.15, 0.2) is 54.6 Å². The van der Waals surface area contributed by atoms with Gasteiger partial charge in [0.2, 0.25) is 17.4 Å². The number of anilines is 1. The average Bonchev–Trinajstić information content (AvgIpc) is 3.17. The number of hydrogen-bond acceptors (Lipinski definition) is 4. The Balaban J connectivity index is 1.81. The van der Waals surface area contributed by atoms with E-state index in [1.807, 2.05) is 0 Å². The van der Waals surface area contributed by atoms with Crippen molar-refractivity contribution in [2.24, 2.45) is 11.8 Å². The Kier molecular flexibility index (Phi) is 4.70. The van der Waals surface area contributed by atoms with Gasteiger partial charge in [-0.1, -0.05) is 30.3 Å². The molecule has 6 nitrogen and oxygen atoms in total. The summed E-state index contributed by atoms with van der Waals surface area (Å²) in [5.74, 6) is -3.31. The highest BCUT2D eigenvalue weighted by molar-refractivity contribution is 6.23. The zero-order valence-electron chi connectivity index (χ0n) is 16.2. The highest BCUT2D eigenvalue weighted by Crippen LogP contribution is 2.45. The first-order valence-electron chi connectivity index (χ1n) is 9.60. The minimum Gasteiger partial charge on any atom is -0.461 e. The van der Waals surface area contributed by atoms with Crippen molar-refractivity contribution in [3.63, 3.8) is 0 Å². The van der Waals surface area contributed by atoms with Crippen molar-refractivity contribution in [2.45, 2.75) is 25.4 Å². The molecule has 150 valence electrons. The summed E-state index contributed by atoms with van der Waals surface area (Å²) in [5, 5.41) is 1.73. The molecule has 0 bridgehead atoms. The second-order valence-electron chi connectivity index (χ2n) is 7.60. The predicted molar refractivity (Wildman–Crippen MR) is 102 cm³/mol. The summed E-state index contributed by atoms with van der Waals surface area (Å²) in [5.41, 5.74) is -0.0952. The molecule has 4 rings (SSSR count). The number of nitrogens with zero attached hydrogens (tertiary/aromatic N) is 1. The van der Waals surface area contributed by atoms with Crippen LogP contribution in [0.3, 0.4) is 0 Å². The van der Waals surface area contributed by atoms with Crippen LogP contribution in [0.2, 0.25) is 0 Å². The van der Waals surface area contributed by atoms with Crippen LogP contribution < -0.4 is 10.2 Å². The van der Waals surface area contributed by atoms with Gasteiger partial charge in [0.25, 0.3) is 0 Å². The highest BCUT2D eigenvalue weighted by Gasteiger charge is 2.70. The number of rotatable bonds is 4. The van der Waals surface area contributed by atoms with E-state index in [1.165, 1.54) is 12.1 Å². The lowest BCUT2D eigenvalue weighted by atomic mass is 9.80. The molecule has 0 unspecified atom stereocenters. The Labute approximate surface area is 167 Å². The molecule has 29 heavy (non-hydrogen) atoms. The molecule has 4 atom stereocenters. The van der Waals surface area contributed by atoms with Gasteiger partial charge < -0.3 is 10.1 Å². The van der Waals surface area contributed by atoms with Gasteiger partial charge in [0, 0.05) is 12.5 Å². The number of para-hydroxylation sites is 1. The number of nitrogens with two attached hydrogens (primary N) is 1. The molecule has 0 aromatic heterocycles. The van der Waals surface area contributed by atoms with Crippen molar-refractivity contribution in [1.29, 1.82) is 0 Å². The normalized spacial score (nSPS) is 28.5. The number of ether oxygens (including phenoxy) is 1. The summed E-state index contributed by atoms with van der Waals surface area (Å²) in [6, 6.07) is 14.0. The molecule has 2 aromatic rings. The first-order valence-corrected chi connectivity index (χ1v) is 9.60. The average molecular weight is 397 g/mol. The Morgan fingerprint density at radius 3 is 2.38 bits per heavy atom. The first kappa shape index (κ1) is 19.3. The second kappa shape index (κ2) is 7.08. The molecule has 2 aromatic carbocycles. The van der Waals surface area contributed by atoms with Crippen LogP contribution in [0.25, 0.3) is 0 Å². The van der Waals surface area contributed by atoms with Gasteiger partial charge >= 0.3 is 5.97 Å². The Hall–Kier alpha value is -3.06. The van der Waals surface area contributed by atoms with E-state index in [0.717, 1.165) is 4.90 Å². The summed E-state index contributed by atoms with van der Waals surface area (Å²) in [6.07, 6.45) is 0. The minimum absolute atomic E-state index is 0.172. The lowest BCUT2D eigenvalue weighted by Gasteiger charge is -2.26. The fourth-order valence-corrected chi connectivity index (χ4v) is 4.57. The standard InChI is InChI=1S/C22H21FN2O4/c1-3-29-21(28)22(2)17-16(18(24-22)13-9-11-14(23)12-10-13)19(26)25(20(17)27)15-7-5-4-6-8-15/h4-12,16-18,24H,3H2,1-2H3/p+1/t16-,17-,18-,22-/m0/s1. The fraction of sp³-hybridized carbons (Fsp3) is 0.318. The van der Waals surface area contributed by atoms with Gasteiger partial charge in [0.05, 0.1) is 12.3 Å². The molecule has 2 aliphatic heterocycles. The molecule has 2 saturated heterocycles. The third-order valence-electron chi connectivity index (χ3n) is 5.89. The summed E-state index contributed by atoms with van der Waals surface area (Å²) < 4.78 is 18.7. The number of quaternary nitrogens is 1. The lowest BCUT2D eigenvalue weighted by molar-refractivity contribution is -0.731. The molecular weight excluding hydrogens is 375 g/mol. The van der Waals surface area contributed by atoms with Gasteiger partial charge in [0.1, 0.15) is 23.7 Å². The fourth-order valence-electron chi connectivity index (χ4n) is 4.57. The zero-order chi connectivity index (χ0) is 20.8. The van der Waals surface area contributed by atoms with E-state index < -0.39 is 41.1 Å². The summed E-state index contributed by atoms with van der Waals surface area (Å²) in [4.78, 5) is 40.7. The van der Waals surface area contributed by atoms with E-state index in [2.05, 4.69) is 0 Å². The van der Waals surface area contributed by atoms with Crippen LogP contribution in [0.4, 0.5) is 10.1 Å². The molecule has 2 aliphatic rings. The zero-order valence-corrected chi connectivity index (χ0v) is 16.2. The van der Waals surface area contributed by atoms with Gasteiger partial charge in [-0.25, -0.2) is 14.1 Å². The molecule has 0 saturated carbocycles. The number of carbonyl (C=O) groups excluding carboxylic acids is 3. The number of imide groups is 1. The maximum atomic E-state index is 13.4. The third kappa shape index (κ3) is 2.93. The van der Waals surface area contributed by atoms with Gasteiger partial charge in [-0.2, -0.15) is 0 Å². The molecule has 7 heteroatoms. The van der Waals surface area contributed by atoms with Crippen LogP contribution in [0.1, 0.15) is 25.5 Å². The van der Waals surface area contributed by atoms with Crippen molar-refractivity contribution >= 4 is 23.5 Å². The van der Waals surface area contributed by atoms with Crippen LogP contribution in [0, 0.1) is 17.7 Å². The van der Waals surface area contributed by atoms with E-state index in [-0.39, 0.29) is 12.5 Å². The molecule has 2 heterocycles. The van der Waals surface area contributed by atoms with Crippen molar-refractivity contribution < 1.29 is 28.8 Å². The monoisotopic (exact) mass is 397 g/mol. The van der Waals surface area contributed by atoms with Crippen LogP contribution in [-0.2, 0) is 19.1 Å². The van der Waals surface area contributed by atoms with Crippen molar-refractivity contribution in [2.75, 3.05) is 11.5 Å². The Morgan fingerprint density at radius 1 is 1.10 bits per heavy atom. The molecule has 2 N–H and O–H groups in total. The number of fused-ring (bicyclic) bond motifs is 1. The van der Waals surface area contributed by atoms with Crippen LogP contribution in [0.5, 0.6) is 0 Å². The number of benzene rings is 2. The molecular formula is C22H22FN2O4+. The van der Waals surface area contributed by atoms with Crippen molar-refractivity contribution in [3.05, 3.63) is 66.0 Å². The summed E-state index contributed by atoms with van der Waals surface area (Å²) in [7, 11) is 0. The number of esters is 1. The first-order chi connectivity index (χ1) is 13.9. The number of halogens is 1. The van der Waals surface area contributed by atoms with E-state index in [1.54, 1.807) is 61.6 Å². The SMILES string of the molecule is CCOC(=O)[C@@]1(C)[NH2+][C@@H](c2ccc(F)cc2)[C@H]2C(=O)N(c3ccccc3)C(=O)[C@H]21. The van der Waals surface area contributed by atoms with E-state index >= 15 is 0 Å². The molecule has 0 aliphatic carbocycles. The topological polar surface area (TPSA) is 80.3 Å². The second-order valence-corrected chi connectivity index (χ2v) is 7.60. The summed E-state index contributed by atoms with van der Waals surface area (Å²) in [6.45, 7) is 3.51. The maximum Gasteiger partial charge on any atom is 0.368 e. The number of amides is 2.